The maximum absolute atomic E-state index is 13.0. The number of rotatable bonds is 11. The van der Waals surface area contributed by atoms with Gasteiger partial charge in [0.2, 0.25) is 11.8 Å². The number of carboxylic acid groups (broad SMARTS) is 1. The van der Waals surface area contributed by atoms with Gasteiger partial charge in [0.25, 0.3) is 17.0 Å². The molecule has 0 fully saturated rings. The number of hydrogen-bond donors (Lipinski definition) is 2. The number of imide groups is 1. The molecule has 0 unspecified atom stereocenters. The lowest BCUT2D eigenvalue weighted by Crippen LogP contribution is -2.40. The van der Waals surface area contributed by atoms with Crippen LogP contribution in [-0.4, -0.2) is 56.2 Å². The number of aromatic carboxylic acids is 1. The van der Waals surface area contributed by atoms with E-state index in [1.165, 1.54) is 17.0 Å². The van der Waals surface area contributed by atoms with E-state index in [0.29, 0.717) is 36.4 Å². The standard InChI is InChI=1S/C28H24N4O6S/c33-22(29-21-13-4-3-10-18(21)27(36)37)16-39-28-31-30-23(38-28)14-2-1-5-15-32-25(34)19-11-6-8-17-9-7-12-20(24(17)19)26(32)35/h3-4,6-13H,1-2,5,14-16H2,(H,29,33)(H,36,37). The molecule has 10 nitrogen and oxygen atoms in total. The van der Waals surface area contributed by atoms with Crippen molar-refractivity contribution in [2.45, 2.75) is 30.9 Å². The smallest absolute Gasteiger partial charge is 0.337 e. The number of unbranched alkanes of at least 4 members (excludes halogenated alkanes) is 2. The van der Waals surface area contributed by atoms with Gasteiger partial charge in [0.1, 0.15) is 0 Å². The first-order valence-corrected chi connectivity index (χ1v) is 13.4. The Morgan fingerprint density at radius 2 is 1.62 bits per heavy atom. The number of carbonyl (C=O) groups is 4. The van der Waals surface area contributed by atoms with E-state index < -0.39 is 11.9 Å². The van der Waals surface area contributed by atoms with Crippen molar-refractivity contribution in [2.24, 2.45) is 0 Å². The van der Waals surface area contributed by atoms with Crippen LogP contribution >= 0.6 is 11.8 Å². The van der Waals surface area contributed by atoms with Crippen molar-refractivity contribution >= 4 is 51.9 Å². The van der Waals surface area contributed by atoms with Crippen LogP contribution in [0.1, 0.15) is 56.2 Å². The number of anilines is 1. The van der Waals surface area contributed by atoms with Crippen molar-refractivity contribution < 1.29 is 28.7 Å². The Hall–Kier alpha value is -4.51. The van der Waals surface area contributed by atoms with Gasteiger partial charge in [-0.1, -0.05) is 54.6 Å². The third-order valence-corrected chi connectivity index (χ3v) is 7.15. The number of amides is 3. The van der Waals surface area contributed by atoms with E-state index in [9.17, 15) is 24.3 Å². The summed E-state index contributed by atoms with van der Waals surface area (Å²) in [4.78, 5) is 50.8. The number of para-hydroxylation sites is 1. The monoisotopic (exact) mass is 544 g/mol. The van der Waals surface area contributed by atoms with Gasteiger partial charge in [0.15, 0.2) is 0 Å². The molecule has 39 heavy (non-hydrogen) atoms. The highest BCUT2D eigenvalue weighted by atomic mass is 32.2. The fourth-order valence-corrected chi connectivity index (χ4v) is 5.08. The molecule has 1 aliphatic heterocycles. The Morgan fingerprint density at radius 1 is 0.897 bits per heavy atom. The lowest BCUT2D eigenvalue weighted by molar-refractivity contribution is -0.113. The number of aryl methyl sites for hydroxylation is 1. The van der Waals surface area contributed by atoms with Gasteiger partial charge in [-0.25, -0.2) is 4.79 Å². The molecule has 0 saturated carbocycles. The molecular weight excluding hydrogens is 520 g/mol. The molecule has 1 aliphatic rings. The van der Waals surface area contributed by atoms with Gasteiger partial charge in [-0.3, -0.25) is 19.3 Å². The van der Waals surface area contributed by atoms with Crippen LogP contribution in [0.3, 0.4) is 0 Å². The fraction of sp³-hybridized carbons (Fsp3) is 0.214. The highest BCUT2D eigenvalue weighted by Gasteiger charge is 2.32. The molecule has 0 bridgehead atoms. The van der Waals surface area contributed by atoms with Crippen molar-refractivity contribution in [3.63, 3.8) is 0 Å². The second-order valence-electron chi connectivity index (χ2n) is 8.93. The molecule has 0 atom stereocenters. The third kappa shape index (κ3) is 5.68. The predicted molar refractivity (Wildman–Crippen MR) is 144 cm³/mol. The second-order valence-corrected chi connectivity index (χ2v) is 9.86. The zero-order chi connectivity index (χ0) is 27.4. The Bertz CT molecular complexity index is 1530. The van der Waals surface area contributed by atoms with Crippen LogP contribution in [0.4, 0.5) is 5.69 Å². The maximum atomic E-state index is 13.0. The largest absolute Gasteiger partial charge is 0.478 e. The fourth-order valence-electron chi connectivity index (χ4n) is 4.50. The van der Waals surface area contributed by atoms with Crippen LogP contribution in [0.2, 0.25) is 0 Å². The molecule has 0 spiro atoms. The zero-order valence-corrected chi connectivity index (χ0v) is 21.6. The lowest BCUT2D eigenvalue weighted by Gasteiger charge is -2.27. The van der Waals surface area contributed by atoms with E-state index in [1.54, 1.807) is 24.3 Å². The Kier molecular flexibility index (Phi) is 7.69. The summed E-state index contributed by atoms with van der Waals surface area (Å²) in [6.45, 7) is 0.327. The minimum Gasteiger partial charge on any atom is -0.478 e. The summed E-state index contributed by atoms with van der Waals surface area (Å²) in [5, 5.41) is 21.6. The molecule has 198 valence electrons. The summed E-state index contributed by atoms with van der Waals surface area (Å²) < 4.78 is 5.60. The second kappa shape index (κ2) is 11.5. The molecule has 5 rings (SSSR count). The van der Waals surface area contributed by atoms with E-state index in [2.05, 4.69) is 15.5 Å². The summed E-state index contributed by atoms with van der Waals surface area (Å²) >= 11 is 1.06. The molecular formula is C28H24N4O6S. The van der Waals surface area contributed by atoms with Gasteiger partial charge in [-0.05, 0) is 42.5 Å². The molecule has 3 aromatic carbocycles. The summed E-state index contributed by atoms with van der Waals surface area (Å²) in [6.07, 6.45) is 2.64. The maximum Gasteiger partial charge on any atom is 0.337 e. The Balaban J connectivity index is 1.06. The average molecular weight is 545 g/mol. The number of benzene rings is 3. The topological polar surface area (TPSA) is 143 Å². The normalized spacial score (nSPS) is 12.7. The van der Waals surface area contributed by atoms with Crippen LogP contribution in [0, 0.1) is 0 Å². The molecule has 2 N–H and O–H groups in total. The SMILES string of the molecule is O=C(CSc1nnc(CCCCCN2C(=O)c3cccc4cccc(c34)C2=O)o1)Nc1ccccc1C(=O)O. The van der Waals surface area contributed by atoms with Crippen molar-refractivity contribution in [2.75, 3.05) is 17.6 Å². The van der Waals surface area contributed by atoms with Crippen molar-refractivity contribution in [3.05, 3.63) is 83.2 Å². The minimum atomic E-state index is -1.13. The van der Waals surface area contributed by atoms with E-state index in [4.69, 9.17) is 4.42 Å². The highest BCUT2D eigenvalue weighted by molar-refractivity contribution is 7.99. The first kappa shape index (κ1) is 26.1. The minimum absolute atomic E-state index is 0.00660. The van der Waals surface area contributed by atoms with Crippen LogP contribution in [0.25, 0.3) is 10.8 Å². The third-order valence-electron chi connectivity index (χ3n) is 6.33. The number of thioether (sulfide) groups is 1. The van der Waals surface area contributed by atoms with Crippen molar-refractivity contribution in [3.8, 4) is 0 Å². The highest BCUT2D eigenvalue weighted by Crippen LogP contribution is 2.30. The van der Waals surface area contributed by atoms with Crippen LogP contribution in [-0.2, 0) is 11.2 Å². The lowest BCUT2D eigenvalue weighted by atomic mass is 9.94. The van der Waals surface area contributed by atoms with Gasteiger partial charge in [0, 0.05) is 29.5 Å². The van der Waals surface area contributed by atoms with E-state index in [1.807, 2.05) is 24.3 Å². The number of aromatic nitrogens is 2. The zero-order valence-electron chi connectivity index (χ0n) is 20.8. The van der Waals surface area contributed by atoms with Crippen molar-refractivity contribution in [1.29, 1.82) is 0 Å². The van der Waals surface area contributed by atoms with Gasteiger partial charge < -0.3 is 14.8 Å². The number of nitrogens with zero attached hydrogens (tertiary/aromatic N) is 3. The summed E-state index contributed by atoms with van der Waals surface area (Å²) in [6, 6.07) is 17.1. The molecule has 4 aromatic rings. The van der Waals surface area contributed by atoms with Gasteiger partial charge in [-0.2, -0.15) is 0 Å². The Labute approximate surface area is 227 Å². The van der Waals surface area contributed by atoms with Crippen molar-refractivity contribution in [1.82, 2.24) is 15.1 Å². The van der Waals surface area contributed by atoms with Crippen LogP contribution < -0.4 is 5.32 Å². The Morgan fingerprint density at radius 3 is 2.33 bits per heavy atom. The van der Waals surface area contributed by atoms with Gasteiger partial charge in [-0.15, -0.1) is 10.2 Å². The van der Waals surface area contributed by atoms with Gasteiger partial charge in [0.05, 0.1) is 17.0 Å². The number of hydrogen-bond acceptors (Lipinski definition) is 8. The molecule has 2 heterocycles. The predicted octanol–water partition coefficient (Wildman–Crippen LogP) is 4.66. The number of carbonyl (C=O) groups excluding carboxylic acids is 3. The summed E-state index contributed by atoms with van der Waals surface area (Å²) in [5.41, 5.74) is 1.33. The molecule has 3 amide bonds. The molecule has 0 aliphatic carbocycles. The summed E-state index contributed by atoms with van der Waals surface area (Å²) in [7, 11) is 0. The van der Waals surface area contributed by atoms with Crippen LogP contribution in [0.5, 0.6) is 0 Å². The van der Waals surface area contributed by atoms with E-state index in [0.717, 1.165) is 35.4 Å². The summed E-state index contributed by atoms with van der Waals surface area (Å²) in [5.74, 6) is -1.65. The van der Waals surface area contributed by atoms with E-state index in [-0.39, 0.29) is 34.0 Å². The quantitative estimate of drug-likeness (QED) is 0.157. The number of nitrogens with one attached hydrogen (secondary N) is 1. The molecule has 0 saturated heterocycles. The molecule has 1 aromatic heterocycles. The first-order chi connectivity index (χ1) is 18.9. The van der Waals surface area contributed by atoms with E-state index >= 15 is 0 Å². The first-order valence-electron chi connectivity index (χ1n) is 12.4. The average Bonchev–Trinajstić information content (AvgIpc) is 3.40. The molecule has 0 radical (unpaired) electrons. The number of carboxylic acids is 1. The van der Waals surface area contributed by atoms with Crippen LogP contribution in [0.15, 0.2) is 70.3 Å². The molecule has 11 heteroatoms. The van der Waals surface area contributed by atoms with Gasteiger partial charge >= 0.3 is 5.97 Å².